The van der Waals surface area contributed by atoms with Crippen molar-refractivity contribution < 1.29 is 8.97 Å². The number of hydrogen-bond donors (Lipinski definition) is 0. The molecule has 0 aromatic heterocycles. The minimum atomic E-state index is 1.28. The second kappa shape index (κ2) is 4.75. The Morgan fingerprint density at radius 3 is 1.50 bits per heavy atom. The number of nitrogens with zero attached hydrogens (tertiary/aromatic N) is 4. The Hall–Kier alpha value is -0.160. The Morgan fingerprint density at radius 1 is 0.611 bits per heavy atom. The lowest BCUT2D eigenvalue weighted by Gasteiger charge is -2.49. The standard InChI is InChI=1S/C14H30N4/c1-17-9-3-5-15(13-17)8-12-18(2)10-4-6-16(14-18)7-11-17/h3-14H2,1-2H3/q+2. The van der Waals surface area contributed by atoms with Gasteiger partial charge in [0, 0.05) is 25.9 Å². The van der Waals surface area contributed by atoms with Crippen molar-refractivity contribution in [2.75, 3.05) is 79.8 Å². The lowest BCUT2D eigenvalue weighted by molar-refractivity contribution is -0.941. The van der Waals surface area contributed by atoms with Crippen molar-refractivity contribution in [2.24, 2.45) is 0 Å². The van der Waals surface area contributed by atoms with Crippen molar-refractivity contribution in [1.82, 2.24) is 9.80 Å². The summed E-state index contributed by atoms with van der Waals surface area (Å²) in [6, 6.07) is 0. The number of fused-ring (bicyclic) bond motifs is 4. The Balaban J connectivity index is 1.75. The van der Waals surface area contributed by atoms with Crippen molar-refractivity contribution in [1.29, 1.82) is 0 Å². The molecular formula is C14H30N4+2. The Kier molecular flexibility index (Phi) is 3.39. The first kappa shape index (κ1) is 12.9. The van der Waals surface area contributed by atoms with Crippen LogP contribution in [0.2, 0.25) is 0 Å². The summed E-state index contributed by atoms with van der Waals surface area (Å²) in [5.74, 6) is 0. The molecule has 0 N–H and O–H groups in total. The molecule has 0 aliphatic carbocycles. The summed E-state index contributed by atoms with van der Waals surface area (Å²) in [5.41, 5.74) is 0. The highest BCUT2D eigenvalue weighted by atomic mass is 15.5. The molecule has 0 radical (unpaired) electrons. The fourth-order valence-corrected chi connectivity index (χ4v) is 4.10. The first-order chi connectivity index (χ1) is 8.57. The topological polar surface area (TPSA) is 6.48 Å². The molecule has 3 aliphatic rings. The molecule has 18 heavy (non-hydrogen) atoms. The van der Waals surface area contributed by atoms with Crippen LogP contribution in [-0.4, -0.2) is 98.6 Å². The molecule has 4 bridgehead atoms. The summed E-state index contributed by atoms with van der Waals surface area (Å²) in [7, 11) is 4.93. The highest BCUT2D eigenvalue weighted by Crippen LogP contribution is 2.19. The van der Waals surface area contributed by atoms with E-state index in [9.17, 15) is 0 Å². The Bertz CT molecular complexity index is 278. The van der Waals surface area contributed by atoms with E-state index in [4.69, 9.17) is 0 Å². The quantitative estimate of drug-likeness (QED) is 0.571. The normalized spacial score (nSPS) is 49.7. The van der Waals surface area contributed by atoms with Gasteiger partial charge in [-0.2, -0.15) is 0 Å². The zero-order valence-electron chi connectivity index (χ0n) is 12.3. The molecule has 0 saturated carbocycles. The Labute approximate surface area is 112 Å². The van der Waals surface area contributed by atoms with Crippen molar-refractivity contribution in [3.63, 3.8) is 0 Å². The fraction of sp³-hybridized carbons (Fsp3) is 1.00. The van der Waals surface area contributed by atoms with Crippen LogP contribution in [0.25, 0.3) is 0 Å². The van der Waals surface area contributed by atoms with Crippen LogP contribution in [0.15, 0.2) is 0 Å². The van der Waals surface area contributed by atoms with Gasteiger partial charge in [-0.15, -0.1) is 0 Å². The predicted molar refractivity (Wildman–Crippen MR) is 74.0 cm³/mol. The van der Waals surface area contributed by atoms with Crippen LogP contribution in [0, 0.1) is 0 Å². The van der Waals surface area contributed by atoms with Crippen LogP contribution >= 0.6 is 0 Å². The molecular weight excluding hydrogens is 224 g/mol. The van der Waals surface area contributed by atoms with E-state index >= 15 is 0 Å². The lowest BCUT2D eigenvalue weighted by atomic mass is 10.2. The number of rotatable bonds is 0. The van der Waals surface area contributed by atoms with E-state index in [2.05, 4.69) is 23.9 Å². The van der Waals surface area contributed by atoms with Gasteiger partial charge in [0.25, 0.3) is 0 Å². The summed E-state index contributed by atoms with van der Waals surface area (Å²) in [6.07, 6.45) is 2.78. The molecule has 0 spiro atoms. The molecule has 3 fully saturated rings. The van der Waals surface area contributed by atoms with E-state index in [0.29, 0.717) is 0 Å². The van der Waals surface area contributed by atoms with Gasteiger partial charge in [0.05, 0.1) is 53.4 Å². The molecule has 0 aromatic carbocycles. The zero-order valence-corrected chi connectivity index (χ0v) is 12.3. The van der Waals surface area contributed by atoms with Gasteiger partial charge in [-0.3, -0.25) is 9.80 Å². The van der Waals surface area contributed by atoms with E-state index in [1.165, 1.54) is 87.5 Å². The molecule has 3 aliphatic heterocycles. The maximum absolute atomic E-state index is 2.72. The summed E-state index contributed by atoms with van der Waals surface area (Å²) < 4.78 is 2.56. The first-order valence-electron chi connectivity index (χ1n) is 7.69. The third-order valence-electron chi connectivity index (χ3n) is 5.34. The molecule has 3 heterocycles. The van der Waals surface area contributed by atoms with Crippen LogP contribution in [0.5, 0.6) is 0 Å². The maximum Gasteiger partial charge on any atom is 0.135 e. The summed E-state index contributed by atoms with van der Waals surface area (Å²) in [4.78, 5) is 5.44. The predicted octanol–water partition coefficient (Wildman–Crippen LogP) is 0.220. The van der Waals surface area contributed by atoms with E-state index in [0.717, 1.165) is 0 Å². The van der Waals surface area contributed by atoms with Gasteiger partial charge < -0.3 is 8.97 Å². The van der Waals surface area contributed by atoms with Gasteiger partial charge in [-0.05, 0) is 0 Å². The van der Waals surface area contributed by atoms with Crippen molar-refractivity contribution >= 4 is 0 Å². The van der Waals surface area contributed by atoms with E-state index in [1.54, 1.807) is 0 Å². The van der Waals surface area contributed by atoms with Gasteiger partial charge in [-0.1, -0.05) is 0 Å². The monoisotopic (exact) mass is 254 g/mol. The molecule has 0 amide bonds. The van der Waals surface area contributed by atoms with E-state index < -0.39 is 0 Å². The molecule has 4 heteroatoms. The second-order valence-corrected chi connectivity index (χ2v) is 7.36. The molecule has 104 valence electrons. The van der Waals surface area contributed by atoms with E-state index in [-0.39, 0.29) is 0 Å². The van der Waals surface area contributed by atoms with Crippen LogP contribution in [0.1, 0.15) is 12.8 Å². The van der Waals surface area contributed by atoms with Crippen molar-refractivity contribution in [3.8, 4) is 0 Å². The number of hydrogen-bond acceptors (Lipinski definition) is 2. The number of likely N-dealkylation sites (N-methyl/N-ethyl adjacent to an activating group) is 2. The SMILES string of the molecule is C[N+]12CCCN(CC[N+]3(C)CCCN(CC1)C3)C2. The minimum Gasteiger partial charge on any atom is -0.312 e. The summed E-state index contributed by atoms with van der Waals surface area (Å²) in [6.45, 7) is 13.3. The molecule has 0 aromatic rings. The van der Waals surface area contributed by atoms with E-state index in [1.807, 2.05) is 0 Å². The second-order valence-electron chi connectivity index (χ2n) is 7.36. The largest absolute Gasteiger partial charge is 0.312 e. The highest BCUT2D eigenvalue weighted by Gasteiger charge is 2.36. The van der Waals surface area contributed by atoms with Crippen LogP contribution in [-0.2, 0) is 0 Å². The van der Waals surface area contributed by atoms with Crippen molar-refractivity contribution in [2.45, 2.75) is 12.8 Å². The van der Waals surface area contributed by atoms with Crippen LogP contribution < -0.4 is 0 Å². The van der Waals surface area contributed by atoms with Gasteiger partial charge in [-0.25, -0.2) is 0 Å². The molecule has 3 rings (SSSR count). The van der Waals surface area contributed by atoms with Crippen molar-refractivity contribution in [3.05, 3.63) is 0 Å². The van der Waals surface area contributed by atoms with Gasteiger partial charge in [0.2, 0.25) is 0 Å². The van der Waals surface area contributed by atoms with Gasteiger partial charge in [0.1, 0.15) is 13.3 Å². The maximum atomic E-state index is 2.72. The summed E-state index contributed by atoms with van der Waals surface area (Å²) in [5, 5.41) is 0. The highest BCUT2D eigenvalue weighted by molar-refractivity contribution is 4.66. The van der Waals surface area contributed by atoms with Gasteiger partial charge in [0.15, 0.2) is 0 Å². The lowest BCUT2D eigenvalue weighted by Crippen LogP contribution is -2.65. The third-order valence-corrected chi connectivity index (χ3v) is 5.34. The Morgan fingerprint density at radius 2 is 1.06 bits per heavy atom. The average Bonchev–Trinajstić information content (AvgIpc) is 2.34. The van der Waals surface area contributed by atoms with Gasteiger partial charge >= 0.3 is 0 Å². The zero-order chi connectivity index (χ0) is 12.6. The molecule has 4 unspecified atom stereocenters. The average molecular weight is 254 g/mol. The molecule has 4 atom stereocenters. The smallest absolute Gasteiger partial charge is 0.135 e. The summed E-state index contributed by atoms with van der Waals surface area (Å²) >= 11 is 0. The fourth-order valence-electron chi connectivity index (χ4n) is 4.10. The number of quaternary nitrogens is 2. The molecule has 4 nitrogen and oxygen atoms in total. The van der Waals surface area contributed by atoms with Crippen LogP contribution in [0.3, 0.4) is 0 Å². The van der Waals surface area contributed by atoms with Crippen LogP contribution in [0.4, 0.5) is 0 Å². The first-order valence-corrected chi connectivity index (χ1v) is 7.69. The minimum absolute atomic E-state index is 1.28. The molecule has 3 saturated heterocycles. The third kappa shape index (κ3) is 2.72.